The van der Waals surface area contributed by atoms with Crippen molar-refractivity contribution in [2.75, 3.05) is 6.54 Å². The van der Waals surface area contributed by atoms with E-state index >= 15 is 0 Å². The van der Waals surface area contributed by atoms with Gasteiger partial charge >= 0.3 is 0 Å². The lowest BCUT2D eigenvalue weighted by Crippen LogP contribution is -2.36. The predicted molar refractivity (Wildman–Crippen MR) is 71.9 cm³/mol. The molecule has 96 valence electrons. The summed E-state index contributed by atoms with van der Waals surface area (Å²) in [7, 11) is 0. The minimum absolute atomic E-state index is 0.576. The maximum Gasteiger partial charge on any atom is 0.144 e. The molecule has 3 heteroatoms. The SMILES string of the molecule is CCN(Cc1cccnc1C#N)C1CCCCC1. The van der Waals surface area contributed by atoms with Gasteiger partial charge < -0.3 is 0 Å². The van der Waals surface area contributed by atoms with Gasteiger partial charge in [0.05, 0.1) is 0 Å². The van der Waals surface area contributed by atoms with E-state index in [1.54, 1.807) is 6.20 Å². The molecule has 1 heterocycles. The van der Waals surface area contributed by atoms with Gasteiger partial charge in [-0.25, -0.2) is 4.98 Å². The van der Waals surface area contributed by atoms with Crippen molar-refractivity contribution in [3.05, 3.63) is 29.6 Å². The van der Waals surface area contributed by atoms with Crippen LogP contribution in [0.25, 0.3) is 0 Å². The highest BCUT2D eigenvalue weighted by molar-refractivity contribution is 5.30. The van der Waals surface area contributed by atoms with E-state index < -0.39 is 0 Å². The van der Waals surface area contributed by atoms with E-state index in [-0.39, 0.29) is 0 Å². The molecule has 1 fully saturated rings. The Kier molecular flexibility index (Phi) is 4.72. The maximum absolute atomic E-state index is 9.08. The molecule has 1 saturated carbocycles. The van der Waals surface area contributed by atoms with Crippen molar-refractivity contribution < 1.29 is 0 Å². The molecule has 0 atom stereocenters. The third kappa shape index (κ3) is 3.08. The number of nitrogens with zero attached hydrogens (tertiary/aromatic N) is 3. The van der Waals surface area contributed by atoms with Crippen LogP contribution >= 0.6 is 0 Å². The lowest BCUT2D eigenvalue weighted by molar-refractivity contribution is 0.155. The molecule has 1 aliphatic carbocycles. The van der Waals surface area contributed by atoms with Gasteiger partial charge in [-0.2, -0.15) is 5.26 Å². The molecule has 0 spiro atoms. The van der Waals surface area contributed by atoms with Gasteiger partial charge in [0.2, 0.25) is 0 Å². The molecule has 0 aromatic carbocycles. The van der Waals surface area contributed by atoms with Crippen molar-refractivity contribution >= 4 is 0 Å². The molecule has 18 heavy (non-hydrogen) atoms. The van der Waals surface area contributed by atoms with Crippen LogP contribution in [-0.4, -0.2) is 22.5 Å². The zero-order valence-corrected chi connectivity index (χ0v) is 11.1. The number of pyridine rings is 1. The van der Waals surface area contributed by atoms with Crippen LogP contribution in [0, 0.1) is 11.3 Å². The van der Waals surface area contributed by atoms with Crippen LogP contribution in [-0.2, 0) is 6.54 Å². The summed E-state index contributed by atoms with van der Waals surface area (Å²) >= 11 is 0. The highest BCUT2D eigenvalue weighted by Gasteiger charge is 2.20. The Morgan fingerprint density at radius 1 is 1.39 bits per heavy atom. The van der Waals surface area contributed by atoms with E-state index in [4.69, 9.17) is 5.26 Å². The van der Waals surface area contributed by atoms with Crippen molar-refractivity contribution in [3.8, 4) is 6.07 Å². The third-order valence-electron chi connectivity index (χ3n) is 3.87. The summed E-state index contributed by atoms with van der Waals surface area (Å²) in [5.74, 6) is 0. The average molecular weight is 243 g/mol. The lowest BCUT2D eigenvalue weighted by atomic mass is 9.94. The Labute approximate surface area is 109 Å². The minimum atomic E-state index is 0.576. The fourth-order valence-corrected chi connectivity index (χ4v) is 2.83. The maximum atomic E-state index is 9.08. The fraction of sp³-hybridized carbons (Fsp3) is 0.600. The zero-order valence-electron chi connectivity index (χ0n) is 11.1. The van der Waals surface area contributed by atoms with Crippen molar-refractivity contribution in [2.24, 2.45) is 0 Å². The molecule has 2 rings (SSSR count). The molecule has 3 nitrogen and oxygen atoms in total. The van der Waals surface area contributed by atoms with Crippen molar-refractivity contribution in [1.82, 2.24) is 9.88 Å². The summed E-state index contributed by atoms with van der Waals surface area (Å²) < 4.78 is 0. The second-order valence-corrected chi connectivity index (χ2v) is 4.98. The van der Waals surface area contributed by atoms with Gasteiger partial charge in [0.1, 0.15) is 11.8 Å². The van der Waals surface area contributed by atoms with E-state index in [1.807, 2.05) is 12.1 Å². The van der Waals surface area contributed by atoms with Gasteiger partial charge in [-0.3, -0.25) is 4.90 Å². The molecule has 0 N–H and O–H groups in total. The molecular formula is C15H21N3. The first kappa shape index (κ1) is 13.0. The summed E-state index contributed by atoms with van der Waals surface area (Å²) in [5, 5.41) is 9.08. The van der Waals surface area contributed by atoms with Crippen LogP contribution in [0.15, 0.2) is 18.3 Å². The Balaban J connectivity index is 2.07. The molecule has 1 aromatic rings. The van der Waals surface area contributed by atoms with Crippen LogP contribution in [0.4, 0.5) is 0 Å². The van der Waals surface area contributed by atoms with Crippen LogP contribution in [0.3, 0.4) is 0 Å². The first-order valence-corrected chi connectivity index (χ1v) is 6.93. The van der Waals surface area contributed by atoms with E-state index in [9.17, 15) is 0 Å². The van der Waals surface area contributed by atoms with E-state index in [0.717, 1.165) is 18.7 Å². The van der Waals surface area contributed by atoms with E-state index in [2.05, 4.69) is 22.9 Å². The largest absolute Gasteiger partial charge is 0.296 e. The second kappa shape index (κ2) is 6.51. The van der Waals surface area contributed by atoms with Crippen molar-refractivity contribution in [3.63, 3.8) is 0 Å². The van der Waals surface area contributed by atoms with Gasteiger partial charge in [0.25, 0.3) is 0 Å². The molecule has 0 aliphatic heterocycles. The Hall–Kier alpha value is -1.40. The summed E-state index contributed by atoms with van der Waals surface area (Å²) in [6, 6.07) is 6.83. The van der Waals surface area contributed by atoms with Crippen LogP contribution in [0.5, 0.6) is 0 Å². The summed E-state index contributed by atoms with van der Waals surface area (Å²) in [5.41, 5.74) is 1.64. The normalized spacial score (nSPS) is 16.7. The molecule has 1 aliphatic rings. The second-order valence-electron chi connectivity index (χ2n) is 4.98. The Bertz CT molecular complexity index is 416. The Morgan fingerprint density at radius 2 is 2.17 bits per heavy atom. The average Bonchev–Trinajstić information content (AvgIpc) is 2.46. The summed E-state index contributed by atoms with van der Waals surface area (Å²) in [4.78, 5) is 6.64. The van der Waals surface area contributed by atoms with Crippen LogP contribution < -0.4 is 0 Å². The van der Waals surface area contributed by atoms with Crippen molar-refractivity contribution in [1.29, 1.82) is 5.26 Å². The molecular weight excluding hydrogens is 222 g/mol. The van der Waals surface area contributed by atoms with E-state index in [0.29, 0.717) is 11.7 Å². The topological polar surface area (TPSA) is 39.9 Å². The highest BCUT2D eigenvalue weighted by Crippen LogP contribution is 2.24. The standard InChI is InChI=1S/C15H21N3/c1-2-18(14-8-4-3-5-9-14)12-13-7-6-10-17-15(13)11-16/h6-7,10,14H,2-5,8-9,12H2,1H3. The number of rotatable bonds is 4. The number of hydrogen-bond acceptors (Lipinski definition) is 3. The lowest BCUT2D eigenvalue weighted by Gasteiger charge is -2.33. The summed E-state index contributed by atoms with van der Waals surface area (Å²) in [6.07, 6.45) is 8.37. The van der Waals surface area contributed by atoms with Gasteiger partial charge in [0, 0.05) is 24.3 Å². The molecule has 0 bridgehead atoms. The third-order valence-corrected chi connectivity index (χ3v) is 3.87. The first-order valence-electron chi connectivity index (χ1n) is 6.93. The molecule has 1 aromatic heterocycles. The number of hydrogen-bond donors (Lipinski definition) is 0. The fourth-order valence-electron chi connectivity index (χ4n) is 2.83. The van der Waals surface area contributed by atoms with Gasteiger partial charge in [-0.05, 0) is 25.5 Å². The van der Waals surface area contributed by atoms with Gasteiger partial charge in [-0.1, -0.05) is 32.3 Å². The summed E-state index contributed by atoms with van der Waals surface area (Å²) in [6.45, 7) is 4.11. The monoisotopic (exact) mass is 243 g/mol. The van der Waals surface area contributed by atoms with Crippen LogP contribution in [0.1, 0.15) is 50.3 Å². The van der Waals surface area contributed by atoms with E-state index in [1.165, 1.54) is 32.1 Å². The quantitative estimate of drug-likeness (QED) is 0.815. The first-order chi connectivity index (χ1) is 8.85. The molecule has 0 unspecified atom stereocenters. The van der Waals surface area contributed by atoms with Gasteiger partial charge in [0.15, 0.2) is 0 Å². The molecule has 0 saturated heterocycles. The minimum Gasteiger partial charge on any atom is -0.296 e. The predicted octanol–water partition coefficient (Wildman–Crippen LogP) is 3.11. The highest BCUT2D eigenvalue weighted by atomic mass is 15.1. The van der Waals surface area contributed by atoms with Crippen LogP contribution in [0.2, 0.25) is 0 Å². The Morgan fingerprint density at radius 3 is 2.83 bits per heavy atom. The number of nitriles is 1. The number of aromatic nitrogens is 1. The molecule has 0 amide bonds. The van der Waals surface area contributed by atoms with Crippen molar-refractivity contribution in [2.45, 2.75) is 51.6 Å². The zero-order chi connectivity index (χ0) is 12.8. The van der Waals surface area contributed by atoms with Gasteiger partial charge in [-0.15, -0.1) is 0 Å². The molecule has 0 radical (unpaired) electrons. The smallest absolute Gasteiger partial charge is 0.144 e.